The Morgan fingerprint density at radius 1 is 1.05 bits per heavy atom. The highest BCUT2D eigenvalue weighted by Gasteiger charge is 2.50. The normalized spacial score (nSPS) is 31.4. The van der Waals surface area contributed by atoms with Crippen LogP contribution >= 0.6 is 0 Å². The summed E-state index contributed by atoms with van der Waals surface area (Å²) in [6, 6.07) is 8.92. The minimum Gasteiger partial charge on any atom is -0.550 e. The first kappa shape index (κ1) is 11.9. The zero-order valence-electron chi connectivity index (χ0n) is 9.98. The summed E-state index contributed by atoms with van der Waals surface area (Å²) in [7, 11) is 0. The third kappa shape index (κ3) is 2.02. The number of para-hydroxylation sites is 1. The second kappa shape index (κ2) is 4.51. The van der Waals surface area contributed by atoms with Crippen molar-refractivity contribution in [2.75, 3.05) is 5.32 Å². The number of rotatable bonds is 3. The standard InChI is InChI=1S/C14H13NO4/c16-13(15-8-4-2-1-3-5-8)11-9-6-7-10(19-9)12(11)14(17)18/h1-7,9-12H,(H,15,16)(H,17,18)/p-1/t9-,10+,11+,12+/m1/s1. The van der Waals surface area contributed by atoms with E-state index in [0.29, 0.717) is 5.69 Å². The Hall–Kier alpha value is -2.14. The number of nitrogens with one attached hydrogen (secondary N) is 1. The molecular formula is C14H12NO4-. The van der Waals surface area contributed by atoms with E-state index in [9.17, 15) is 14.7 Å². The number of carbonyl (C=O) groups is 2. The van der Waals surface area contributed by atoms with Crippen molar-refractivity contribution in [1.82, 2.24) is 0 Å². The van der Waals surface area contributed by atoms with E-state index in [2.05, 4.69) is 5.32 Å². The monoisotopic (exact) mass is 258 g/mol. The number of hydrogen-bond donors (Lipinski definition) is 1. The molecule has 0 aromatic heterocycles. The highest BCUT2D eigenvalue weighted by Crippen LogP contribution is 2.39. The SMILES string of the molecule is O=C([O-])[C@@H]1[C@@H](C(=O)Nc2ccccc2)[C@H]2C=C[C@@H]1O2. The van der Waals surface area contributed by atoms with Gasteiger partial charge in [-0.1, -0.05) is 30.4 Å². The lowest BCUT2D eigenvalue weighted by Crippen LogP contribution is -2.45. The van der Waals surface area contributed by atoms with Gasteiger partial charge in [-0.2, -0.15) is 0 Å². The molecule has 1 saturated heterocycles. The van der Waals surface area contributed by atoms with E-state index in [1.165, 1.54) is 0 Å². The molecule has 98 valence electrons. The van der Waals surface area contributed by atoms with Crippen LogP contribution in [-0.2, 0) is 14.3 Å². The Bertz CT molecular complexity index is 540. The first-order valence-corrected chi connectivity index (χ1v) is 6.07. The van der Waals surface area contributed by atoms with Crippen LogP contribution in [0.2, 0.25) is 0 Å². The van der Waals surface area contributed by atoms with Crippen molar-refractivity contribution in [1.29, 1.82) is 0 Å². The van der Waals surface area contributed by atoms with E-state index >= 15 is 0 Å². The summed E-state index contributed by atoms with van der Waals surface area (Å²) in [6.45, 7) is 0. The number of benzene rings is 1. The molecule has 1 fully saturated rings. The minimum absolute atomic E-state index is 0.350. The third-order valence-corrected chi connectivity index (χ3v) is 3.52. The number of fused-ring (bicyclic) bond motifs is 2. The number of anilines is 1. The second-order valence-corrected chi connectivity index (χ2v) is 4.68. The molecule has 5 nitrogen and oxygen atoms in total. The van der Waals surface area contributed by atoms with Crippen molar-refractivity contribution in [3.63, 3.8) is 0 Å². The van der Waals surface area contributed by atoms with Crippen molar-refractivity contribution in [2.45, 2.75) is 12.2 Å². The Morgan fingerprint density at radius 3 is 2.32 bits per heavy atom. The van der Waals surface area contributed by atoms with Crippen LogP contribution in [0.25, 0.3) is 0 Å². The topological polar surface area (TPSA) is 78.5 Å². The van der Waals surface area contributed by atoms with Gasteiger partial charge in [0.15, 0.2) is 0 Å². The van der Waals surface area contributed by atoms with Crippen LogP contribution in [0, 0.1) is 11.8 Å². The fourth-order valence-electron chi connectivity index (χ4n) is 2.65. The van der Waals surface area contributed by atoms with Gasteiger partial charge in [-0.3, -0.25) is 4.79 Å². The summed E-state index contributed by atoms with van der Waals surface area (Å²) < 4.78 is 5.42. The summed E-state index contributed by atoms with van der Waals surface area (Å²) in [5.74, 6) is -3.25. The van der Waals surface area contributed by atoms with Gasteiger partial charge in [0.2, 0.25) is 5.91 Å². The van der Waals surface area contributed by atoms with Crippen LogP contribution < -0.4 is 10.4 Å². The Labute approximate surface area is 109 Å². The average molecular weight is 258 g/mol. The van der Waals surface area contributed by atoms with E-state index in [1.807, 2.05) is 6.07 Å². The smallest absolute Gasteiger partial charge is 0.231 e. The van der Waals surface area contributed by atoms with Gasteiger partial charge in [0.05, 0.1) is 18.1 Å². The molecular weight excluding hydrogens is 246 g/mol. The van der Waals surface area contributed by atoms with Crippen molar-refractivity contribution in [2.24, 2.45) is 11.8 Å². The van der Waals surface area contributed by atoms with Crippen molar-refractivity contribution >= 4 is 17.6 Å². The fourth-order valence-corrected chi connectivity index (χ4v) is 2.65. The minimum atomic E-state index is -1.25. The number of aliphatic carboxylic acids is 1. The van der Waals surface area contributed by atoms with Gasteiger partial charge in [0.1, 0.15) is 0 Å². The van der Waals surface area contributed by atoms with Gasteiger partial charge in [0, 0.05) is 17.6 Å². The fraction of sp³-hybridized carbons (Fsp3) is 0.286. The number of carboxylic acid groups (broad SMARTS) is 1. The van der Waals surface area contributed by atoms with Crippen molar-refractivity contribution in [3.05, 3.63) is 42.5 Å². The van der Waals surface area contributed by atoms with Crippen LogP contribution in [0.4, 0.5) is 5.69 Å². The molecule has 5 heteroatoms. The van der Waals surface area contributed by atoms with E-state index < -0.39 is 30.0 Å². The molecule has 2 aliphatic heterocycles. The lowest BCUT2D eigenvalue weighted by atomic mass is 9.82. The highest BCUT2D eigenvalue weighted by molar-refractivity contribution is 5.96. The maximum Gasteiger partial charge on any atom is 0.231 e. The van der Waals surface area contributed by atoms with E-state index in [4.69, 9.17) is 4.74 Å². The molecule has 1 aromatic rings. The van der Waals surface area contributed by atoms with Crippen molar-refractivity contribution in [3.8, 4) is 0 Å². The molecule has 0 radical (unpaired) electrons. The zero-order chi connectivity index (χ0) is 13.4. The Morgan fingerprint density at radius 2 is 1.68 bits per heavy atom. The van der Waals surface area contributed by atoms with Gasteiger partial charge < -0.3 is 20.0 Å². The molecule has 4 atom stereocenters. The number of hydrogen-bond acceptors (Lipinski definition) is 4. The lowest BCUT2D eigenvalue weighted by Gasteiger charge is -2.24. The molecule has 0 saturated carbocycles. The van der Waals surface area contributed by atoms with Gasteiger partial charge in [-0.05, 0) is 12.1 Å². The Balaban J connectivity index is 1.79. The lowest BCUT2D eigenvalue weighted by molar-refractivity contribution is -0.313. The number of amides is 1. The predicted octanol–water partition coefficient (Wildman–Crippen LogP) is -0.0554. The average Bonchev–Trinajstić information content (AvgIpc) is 2.99. The second-order valence-electron chi connectivity index (χ2n) is 4.68. The molecule has 2 aliphatic rings. The quantitative estimate of drug-likeness (QED) is 0.771. The maximum atomic E-state index is 12.2. The third-order valence-electron chi connectivity index (χ3n) is 3.52. The molecule has 1 N–H and O–H groups in total. The maximum absolute atomic E-state index is 12.2. The molecule has 0 aliphatic carbocycles. The van der Waals surface area contributed by atoms with Crippen LogP contribution in [0.3, 0.4) is 0 Å². The highest BCUT2D eigenvalue weighted by atomic mass is 16.5. The first-order chi connectivity index (χ1) is 9.16. The summed E-state index contributed by atoms with van der Waals surface area (Å²) in [5, 5.41) is 13.9. The van der Waals surface area contributed by atoms with E-state index in [-0.39, 0.29) is 5.91 Å². The molecule has 1 aromatic carbocycles. The molecule has 2 heterocycles. The molecule has 2 bridgehead atoms. The van der Waals surface area contributed by atoms with E-state index in [0.717, 1.165) is 0 Å². The van der Waals surface area contributed by atoms with Crippen molar-refractivity contribution < 1.29 is 19.4 Å². The predicted molar refractivity (Wildman–Crippen MR) is 64.9 cm³/mol. The molecule has 0 spiro atoms. The number of carboxylic acids is 1. The van der Waals surface area contributed by atoms with Gasteiger partial charge >= 0.3 is 0 Å². The Kier molecular flexibility index (Phi) is 2.83. The van der Waals surface area contributed by atoms with Crippen LogP contribution in [0.15, 0.2) is 42.5 Å². The van der Waals surface area contributed by atoms with E-state index in [1.54, 1.807) is 36.4 Å². The van der Waals surface area contributed by atoms with Gasteiger partial charge in [-0.25, -0.2) is 0 Å². The van der Waals surface area contributed by atoms with Crippen LogP contribution in [0.1, 0.15) is 0 Å². The molecule has 1 amide bonds. The number of ether oxygens (including phenoxy) is 1. The largest absolute Gasteiger partial charge is 0.550 e. The molecule has 0 unspecified atom stereocenters. The first-order valence-electron chi connectivity index (χ1n) is 6.07. The molecule has 3 rings (SSSR count). The summed E-state index contributed by atoms with van der Waals surface area (Å²) in [4.78, 5) is 23.4. The van der Waals surface area contributed by atoms with Crippen LogP contribution in [-0.4, -0.2) is 24.1 Å². The number of carbonyl (C=O) groups excluding carboxylic acids is 2. The van der Waals surface area contributed by atoms with Crippen LogP contribution in [0.5, 0.6) is 0 Å². The van der Waals surface area contributed by atoms with Gasteiger partial charge in [-0.15, -0.1) is 0 Å². The van der Waals surface area contributed by atoms with Gasteiger partial charge in [0.25, 0.3) is 0 Å². The summed E-state index contributed by atoms with van der Waals surface area (Å²) in [5.41, 5.74) is 0.636. The summed E-state index contributed by atoms with van der Waals surface area (Å²) >= 11 is 0. The summed E-state index contributed by atoms with van der Waals surface area (Å²) in [6.07, 6.45) is 2.38. The zero-order valence-corrected chi connectivity index (χ0v) is 9.98. The molecule has 19 heavy (non-hydrogen) atoms.